The minimum Gasteiger partial charge on any atom is -0.315 e. The molecule has 0 bridgehead atoms. The van der Waals surface area contributed by atoms with E-state index in [-0.39, 0.29) is 6.42 Å². The molecule has 1 aliphatic rings. The number of hydrogen-bond donors (Lipinski definition) is 1. The molecule has 0 radical (unpaired) electrons. The van der Waals surface area contributed by atoms with Gasteiger partial charge in [0.1, 0.15) is 0 Å². The first-order chi connectivity index (χ1) is 6.16. The van der Waals surface area contributed by atoms with Crippen LogP contribution in [0.5, 0.6) is 0 Å². The summed E-state index contributed by atoms with van der Waals surface area (Å²) in [5.74, 6) is 2.65. The minimum atomic E-state index is -2.29. The summed E-state index contributed by atoms with van der Waals surface area (Å²) in [7, 11) is -2.29. The molecule has 4 nitrogen and oxygen atoms in total. The van der Waals surface area contributed by atoms with Crippen LogP contribution in [0, 0.1) is 12.3 Å². The van der Waals surface area contributed by atoms with Gasteiger partial charge in [-0.1, -0.05) is 5.92 Å². The Balaban J connectivity index is 2.73. The summed E-state index contributed by atoms with van der Waals surface area (Å²) in [4.78, 5) is 11.0. The fourth-order valence-corrected chi connectivity index (χ4v) is 2.84. The molecule has 0 aliphatic carbocycles. The molecule has 5 heteroatoms. The molecule has 1 saturated heterocycles. The number of terminal acetylenes is 1. The normalized spacial score (nSPS) is 20.2. The average molecular weight is 200 g/mol. The number of nitrogens with one attached hydrogen (secondary N) is 1. The maximum atomic E-state index is 11.8. The van der Waals surface area contributed by atoms with Crippen molar-refractivity contribution in [3.63, 3.8) is 0 Å². The molecule has 1 aliphatic heterocycles. The number of carbonyl (C=O) groups excluding carboxylic acids is 1. The Labute approximate surface area is 78.3 Å². The van der Waals surface area contributed by atoms with Crippen molar-refractivity contribution in [2.24, 2.45) is 4.36 Å². The highest BCUT2D eigenvalue weighted by Gasteiger charge is 2.15. The monoisotopic (exact) mass is 200 g/mol. The Bertz CT molecular complexity index is 336. The van der Waals surface area contributed by atoms with E-state index in [1.807, 2.05) is 0 Å². The van der Waals surface area contributed by atoms with E-state index in [1.165, 1.54) is 0 Å². The third kappa shape index (κ3) is 3.17. The summed E-state index contributed by atoms with van der Waals surface area (Å²) in [6, 6.07) is 0. The number of hydrogen-bond acceptors (Lipinski definition) is 3. The van der Waals surface area contributed by atoms with E-state index in [9.17, 15) is 9.00 Å². The zero-order chi connectivity index (χ0) is 9.73. The van der Waals surface area contributed by atoms with Crippen molar-refractivity contribution in [1.29, 1.82) is 0 Å². The number of amides is 1. The van der Waals surface area contributed by atoms with E-state index >= 15 is 0 Å². The van der Waals surface area contributed by atoms with Crippen LogP contribution in [0.15, 0.2) is 4.36 Å². The van der Waals surface area contributed by atoms with E-state index in [0.717, 1.165) is 0 Å². The van der Waals surface area contributed by atoms with Crippen molar-refractivity contribution in [2.75, 3.05) is 24.6 Å². The molecule has 0 aromatic carbocycles. The van der Waals surface area contributed by atoms with Gasteiger partial charge in [-0.2, -0.15) is 4.36 Å². The standard InChI is InChI=1S/C8H12N2O2S/c1-2-3-8(11)10-13(12)6-4-9-5-7-13/h1,9H,3-7H2. The van der Waals surface area contributed by atoms with E-state index < -0.39 is 15.6 Å². The zero-order valence-corrected chi connectivity index (χ0v) is 8.10. The summed E-state index contributed by atoms with van der Waals surface area (Å²) in [5.41, 5.74) is 0. The first-order valence-electron chi connectivity index (χ1n) is 4.06. The zero-order valence-electron chi connectivity index (χ0n) is 7.28. The minimum absolute atomic E-state index is 0.0512. The fourth-order valence-electron chi connectivity index (χ4n) is 1.09. The van der Waals surface area contributed by atoms with Crippen LogP contribution >= 0.6 is 0 Å². The lowest BCUT2D eigenvalue weighted by Crippen LogP contribution is -2.36. The van der Waals surface area contributed by atoms with Crippen molar-refractivity contribution >= 4 is 15.6 Å². The fraction of sp³-hybridized carbons (Fsp3) is 0.625. The van der Waals surface area contributed by atoms with Crippen molar-refractivity contribution in [3.8, 4) is 12.3 Å². The summed E-state index contributed by atoms with van der Waals surface area (Å²) in [5, 5.41) is 3.05. The van der Waals surface area contributed by atoms with Gasteiger partial charge in [0.2, 0.25) is 0 Å². The van der Waals surface area contributed by atoms with Gasteiger partial charge in [-0.25, -0.2) is 4.21 Å². The van der Waals surface area contributed by atoms with Crippen LogP contribution in [0.2, 0.25) is 0 Å². The maximum absolute atomic E-state index is 11.8. The van der Waals surface area contributed by atoms with E-state index in [0.29, 0.717) is 24.6 Å². The highest BCUT2D eigenvalue weighted by atomic mass is 32.2. The molecule has 0 spiro atoms. The number of rotatable bonds is 1. The second-order valence-corrected chi connectivity index (χ2v) is 5.34. The van der Waals surface area contributed by atoms with Crippen LogP contribution in [0.25, 0.3) is 0 Å². The molecule has 1 rings (SSSR count). The van der Waals surface area contributed by atoms with Gasteiger partial charge in [0.15, 0.2) is 0 Å². The van der Waals surface area contributed by atoms with E-state index in [4.69, 9.17) is 6.42 Å². The number of nitrogens with zero attached hydrogens (tertiary/aromatic N) is 1. The molecular formula is C8H12N2O2S. The number of carbonyl (C=O) groups is 1. The first kappa shape index (κ1) is 10.2. The Morgan fingerprint density at radius 2 is 2.15 bits per heavy atom. The second kappa shape index (κ2) is 4.40. The maximum Gasteiger partial charge on any atom is 0.265 e. The van der Waals surface area contributed by atoms with Gasteiger partial charge in [0.05, 0.1) is 16.1 Å². The molecule has 1 N–H and O–H groups in total. The van der Waals surface area contributed by atoms with Gasteiger partial charge in [-0.05, 0) is 0 Å². The molecule has 0 unspecified atom stereocenters. The molecule has 1 amide bonds. The highest BCUT2D eigenvalue weighted by molar-refractivity contribution is 7.94. The van der Waals surface area contributed by atoms with Crippen LogP contribution in [0.4, 0.5) is 0 Å². The van der Waals surface area contributed by atoms with Crippen molar-refractivity contribution in [2.45, 2.75) is 6.42 Å². The summed E-state index contributed by atoms with van der Waals surface area (Å²) in [6.45, 7) is 1.32. The van der Waals surface area contributed by atoms with E-state index in [1.54, 1.807) is 0 Å². The van der Waals surface area contributed by atoms with Gasteiger partial charge in [-0.15, -0.1) is 6.42 Å². The first-order valence-corrected chi connectivity index (χ1v) is 5.91. The third-order valence-corrected chi connectivity index (χ3v) is 3.94. The molecular weight excluding hydrogens is 188 g/mol. The highest BCUT2D eigenvalue weighted by Crippen LogP contribution is 2.01. The molecule has 1 fully saturated rings. The lowest BCUT2D eigenvalue weighted by atomic mass is 10.4. The largest absolute Gasteiger partial charge is 0.315 e. The lowest BCUT2D eigenvalue weighted by Gasteiger charge is -2.15. The van der Waals surface area contributed by atoms with Gasteiger partial charge >= 0.3 is 0 Å². The molecule has 0 aromatic heterocycles. The van der Waals surface area contributed by atoms with Gasteiger partial charge < -0.3 is 5.32 Å². The smallest absolute Gasteiger partial charge is 0.265 e. The summed E-state index contributed by atoms with van der Waals surface area (Å²) in [6.07, 6.45) is 4.89. The van der Waals surface area contributed by atoms with Crippen LogP contribution in [-0.2, 0) is 14.5 Å². The van der Waals surface area contributed by atoms with Crippen molar-refractivity contribution in [1.82, 2.24) is 5.32 Å². The van der Waals surface area contributed by atoms with Crippen molar-refractivity contribution < 1.29 is 9.00 Å². The van der Waals surface area contributed by atoms with Crippen LogP contribution in [-0.4, -0.2) is 34.7 Å². The lowest BCUT2D eigenvalue weighted by molar-refractivity contribution is -0.116. The molecule has 0 aromatic rings. The predicted octanol–water partition coefficient (Wildman–Crippen LogP) is -0.393. The summed E-state index contributed by atoms with van der Waals surface area (Å²) < 4.78 is 15.5. The quantitative estimate of drug-likeness (QED) is 0.586. The van der Waals surface area contributed by atoms with Gasteiger partial charge in [0, 0.05) is 24.6 Å². The van der Waals surface area contributed by atoms with Crippen molar-refractivity contribution in [3.05, 3.63) is 0 Å². The molecule has 13 heavy (non-hydrogen) atoms. The molecule has 1 heterocycles. The average Bonchev–Trinajstić information content (AvgIpc) is 2.04. The predicted molar refractivity (Wildman–Crippen MR) is 51.6 cm³/mol. The van der Waals surface area contributed by atoms with Gasteiger partial charge in [-0.3, -0.25) is 4.79 Å². The molecule has 72 valence electrons. The Morgan fingerprint density at radius 3 is 2.69 bits per heavy atom. The van der Waals surface area contributed by atoms with Gasteiger partial charge in [0.25, 0.3) is 5.91 Å². The third-order valence-electron chi connectivity index (χ3n) is 1.72. The summed E-state index contributed by atoms with van der Waals surface area (Å²) >= 11 is 0. The second-order valence-electron chi connectivity index (χ2n) is 2.80. The Morgan fingerprint density at radius 1 is 1.54 bits per heavy atom. The van der Waals surface area contributed by atoms with Crippen LogP contribution in [0.3, 0.4) is 0 Å². The molecule has 0 saturated carbocycles. The Hall–Kier alpha value is -0.860. The topological polar surface area (TPSA) is 58.5 Å². The van der Waals surface area contributed by atoms with Crippen LogP contribution in [0.1, 0.15) is 6.42 Å². The Kier molecular flexibility index (Phi) is 3.46. The SMILES string of the molecule is C#CCC(=O)N=S1(=O)CCNCC1. The van der Waals surface area contributed by atoms with E-state index in [2.05, 4.69) is 15.6 Å². The molecule has 0 atom stereocenters. The van der Waals surface area contributed by atoms with Crippen LogP contribution < -0.4 is 5.32 Å².